The molecule has 0 aliphatic carbocycles. The van der Waals surface area contributed by atoms with E-state index in [-0.39, 0.29) is 79.6 Å². The first kappa shape index (κ1) is 49.5. The Labute approximate surface area is 268 Å². The van der Waals surface area contributed by atoms with Crippen LogP contribution in [0.1, 0.15) is 89.0 Å². The summed E-state index contributed by atoms with van der Waals surface area (Å²) in [4.78, 5) is 30.5. The average Bonchev–Trinajstić information content (AvgIpc) is 2.99. The third kappa shape index (κ3) is 23.0. The van der Waals surface area contributed by atoms with E-state index in [0.29, 0.717) is 13.0 Å². The van der Waals surface area contributed by atoms with Crippen molar-refractivity contribution in [2.45, 2.75) is 89.0 Å². The van der Waals surface area contributed by atoms with E-state index in [0.717, 1.165) is 0 Å². The highest BCUT2D eigenvalue weighted by Crippen LogP contribution is 2.43. The number of rotatable bonds is 22. The molecule has 268 valence electrons. The van der Waals surface area contributed by atoms with Crippen LogP contribution in [0, 0.1) is 16.2 Å². The first-order valence-corrected chi connectivity index (χ1v) is 15.8. The normalized spacial score (nSPS) is 12.7. The number of carbonyl (C=O) groups excluding carboxylic acids is 2. The van der Waals surface area contributed by atoms with Gasteiger partial charge in [-0.25, -0.2) is 4.90 Å². The number of hydrogen-bond donors (Lipinski definition) is 5. The highest BCUT2D eigenvalue weighted by atomic mass is 16.6. The predicted octanol–water partition coefficient (Wildman–Crippen LogP) is 2.29. The molecular formula is C31H69N3O10. The summed E-state index contributed by atoms with van der Waals surface area (Å²) in [6.07, 6.45) is 0.573. The topological polar surface area (TPSA) is 173 Å². The Morgan fingerprint density at radius 1 is 0.591 bits per heavy atom. The van der Waals surface area contributed by atoms with Gasteiger partial charge in [0.2, 0.25) is 0 Å². The van der Waals surface area contributed by atoms with Gasteiger partial charge in [0.25, 0.3) is 0 Å². The number of aliphatic hydroxyl groups excluding tert-OH is 5. The lowest BCUT2D eigenvalue weighted by Gasteiger charge is -2.40. The fourth-order valence-electron chi connectivity index (χ4n) is 4.44. The Morgan fingerprint density at radius 2 is 0.955 bits per heavy atom. The first-order valence-electron chi connectivity index (χ1n) is 15.8. The van der Waals surface area contributed by atoms with E-state index in [1.54, 1.807) is 39.6 Å². The van der Waals surface area contributed by atoms with Crippen molar-refractivity contribution in [1.82, 2.24) is 14.7 Å². The molecular weight excluding hydrogens is 574 g/mol. The smallest absolute Gasteiger partial charge is 0.312 e. The summed E-state index contributed by atoms with van der Waals surface area (Å²) in [7, 11) is 1.72. The Hall–Kier alpha value is -1.42. The van der Waals surface area contributed by atoms with Gasteiger partial charge in [-0.3, -0.25) is 19.4 Å². The summed E-state index contributed by atoms with van der Waals surface area (Å²) in [6.45, 7) is 20.5. The van der Waals surface area contributed by atoms with Crippen molar-refractivity contribution in [2.75, 3.05) is 86.8 Å². The van der Waals surface area contributed by atoms with Gasteiger partial charge in [0.15, 0.2) is 0 Å². The summed E-state index contributed by atoms with van der Waals surface area (Å²) >= 11 is 0. The van der Waals surface area contributed by atoms with E-state index < -0.39 is 28.2 Å². The van der Waals surface area contributed by atoms with E-state index in [4.69, 9.17) is 29.5 Å². The van der Waals surface area contributed by atoms with Crippen molar-refractivity contribution < 1.29 is 49.3 Å². The fourth-order valence-corrected chi connectivity index (χ4v) is 4.44. The molecule has 0 fully saturated rings. The van der Waals surface area contributed by atoms with Crippen molar-refractivity contribution in [3.8, 4) is 0 Å². The minimum Gasteiger partial charge on any atom is -0.449 e. The molecule has 0 heterocycles. The summed E-state index contributed by atoms with van der Waals surface area (Å²) < 4.78 is 16.7. The monoisotopic (exact) mass is 643 g/mol. The van der Waals surface area contributed by atoms with Crippen LogP contribution in [-0.2, 0) is 23.8 Å². The van der Waals surface area contributed by atoms with Crippen LogP contribution >= 0.6 is 0 Å². The van der Waals surface area contributed by atoms with Crippen molar-refractivity contribution in [1.29, 1.82) is 0 Å². The number of aliphatic hydroxyl groups is 5. The Kier molecular flexibility index (Phi) is 32.6. The second-order valence-electron chi connectivity index (χ2n) is 11.4. The van der Waals surface area contributed by atoms with Crippen LogP contribution < -0.4 is 0 Å². The molecule has 0 rings (SSSR count). The van der Waals surface area contributed by atoms with Crippen molar-refractivity contribution in [2.24, 2.45) is 16.2 Å². The van der Waals surface area contributed by atoms with Gasteiger partial charge in [-0.2, -0.15) is 0 Å². The summed E-state index contributed by atoms with van der Waals surface area (Å²) in [5, 5.41) is 46.1. The molecule has 44 heavy (non-hydrogen) atoms. The van der Waals surface area contributed by atoms with Crippen LogP contribution in [0.3, 0.4) is 0 Å². The Balaban J connectivity index is -0.00000125. The van der Waals surface area contributed by atoms with Gasteiger partial charge in [0.05, 0.1) is 50.7 Å². The second kappa shape index (κ2) is 29.0. The van der Waals surface area contributed by atoms with Gasteiger partial charge in [-0.15, -0.1) is 0 Å². The summed E-state index contributed by atoms with van der Waals surface area (Å²) in [5.41, 5.74) is -2.67. The zero-order valence-electron chi connectivity index (χ0n) is 30.0. The van der Waals surface area contributed by atoms with Crippen LogP contribution in [0.2, 0.25) is 0 Å². The van der Waals surface area contributed by atoms with Crippen LogP contribution in [0.5, 0.6) is 0 Å². The van der Waals surface area contributed by atoms with Crippen molar-refractivity contribution in [3.05, 3.63) is 0 Å². The molecule has 13 heteroatoms. The molecule has 13 nitrogen and oxygen atoms in total. The highest BCUT2D eigenvalue weighted by molar-refractivity contribution is 5.77. The lowest BCUT2D eigenvalue weighted by molar-refractivity contribution is -0.166. The largest absolute Gasteiger partial charge is 0.449 e. The van der Waals surface area contributed by atoms with E-state index in [2.05, 4.69) is 0 Å². The molecule has 0 amide bonds. The molecule has 0 aromatic rings. The van der Waals surface area contributed by atoms with E-state index in [1.807, 2.05) is 48.5 Å². The van der Waals surface area contributed by atoms with Crippen LogP contribution in [-0.4, -0.2) is 139 Å². The molecule has 0 saturated heterocycles. The SMILES string of the molecule is CC.CC.CC.CN(CCO)COC(=O)C(C)(C)CC(C)(COCN(CO)CCO)CC(C)(C)C(=O)OCN(CO)CCO. The van der Waals surface area contributed by atoms with E-state index >= 15 is 0 Å². The number of hydrogen-bond acceptors (Lipinski definition) is 13. The van der Waals surface area contributed by atoms with E-state index in [9.17, 15) is 19.8 Å². The maximum absolute atomic E-state index is 13.0. The molecule has 0 aromatic carbocycles. The fraction of sp³-hybridized carbons (Fsp3) is 0.935. The number of likely N-dealkylation sites (N-methyl/N-ethyl adjacent to an activating group) is 1. The number of nitrogens with zero attached hydrogens (tertiary/aromatic N) is 3. The minimum absolute atomic E-state index is 0.0235. The molecule has 0 aliphatic heterocycles. The standard InChI is InChI=1S/C25H51N3O10.3C2H6/c1-23(2,21(34)37-18-26(6)7-10-29)13-25(5,15-36-19-27(16-32)8-11-30)14-24(3,4)22(35)38-20-28(17-33)9-12-31;3*1-2/h29-33H,7-20H2,1-6H3;3*1-2H3. The first-order chi connectivity index (χ1) is 20.7. The molecule has 1 atom stereocenters. The minimum atomic E-state index is -0.998. The maximum atomic E-state index is 13.0. The Morgan fingerprint density at radius 3 is 1.32 bits per heavy atom. The molecule has 0 aliphatic rings. The van der Waals surface area contributed by atoms with Gasteiger partial charge in [-0.05, 0) is 53.0 Å². The predicted molar refractivity (Wildman–Crippen MR) is 173 cm³/mol. The molecule has 0 aromatic heterocycles. The van der Waals surface area contributed by atoms with Gasteiger partial charge in [0.1, 0.15) is 20.2 Å². The molecule has 0 radical (unpaired) electrons. The zero-order chi connectivity index (χ0) is 35.4. The summed E-state index contributed by atoms with van der Waals surface area (Å²) in [5.74, 6) is -0.947. The molecule has 1 unspecified atom stereocenters. The molecule has 0 spiro atoms. The number of ether oxygens (including phenoxy) is 3. The second-order valence-corrected chi connectivity index (χ2v) is 11.4. The third-order valence-corrected chi connectivity index (χ3v) is 6.08. The lowest BCUT2D eigenvalue weighted by Crippen LogP contribution is -2.43. The number of esters is 2. The highest BCUT2D eigenvalue weighted by Gasteiger charge is 2.44. The maximum Gasteiger partial charge on any atom is 0.312 e. The Bertz CT molecular complexity index is 683. The molecule has 0 bridgehead atoms. The van der Waals surface area contributed by atoms with Gasteiger partial charge < -0.3 is 39.7 Å². The van der Waals surface area contributed by atoms with Gasteiger partial charge >= 0.3 is 11.9 Å². The van der Waals surface area contributed by atoms with Crippen LogP contribution in [0.25, 0.3) is 0 Å². The van der Waals surface area contributed by atoms with Crippen LogP contribution in [0.4, 0.5) is 0 Å². The summed E-state index contributed by atoms with van der Waals surface area (Å²) in [6, 6.07) is 0. The zero-order valence-corrected chi connectivity index (χ0v) is 30.0. The average molecular weight is 644 g/mol. The number of carbonyl (C=O) groups is 2. The van der Waals surface area contributed by atoms with Crippen molar-refractivity contribution >= 4 is 11.9 Å². The molecule has 5 N–H and O–H groups in total. The van der Waals surface area contributed by atoms with Gasteiger partial charge in [0, 0.05) is 19.6 Å². The van der Waals surface area contributed by atoms with Gasteiger partial charge in [-0.1, -0.05) is 48.5 Å². The third-order valence-electron chi connectivity index (χ3n) is 6.08. The van der Waals surface area contributed by atoms with Crippen LogP contribution in [0.15, 0.2) is 0 Å². The van der Waals surface area contributed by atoms with E-state index in [1.165, 1.54) is 9.80 Å². The lowest BCUT2D eigenvalue weighted by atomic mass is 9.66. The quantitative estimate of drug-likeness (QED) is 0.0860. The van der Waals surface area contributed by atoms with Crippen molar-refractivity contribution in [3.63, 3.8) is 0 Å². The molecule has 0 saturated carbocycles.